The minimum atomic E-state index is -0.946. The van der Waals surface area contributed by atoms with Crippen LogP contribution in [0.25, 0.3) is 0 Å². The van der Waals surface area contributed by atoms with Gasteiger partial charge in [-0.2, -0.15) is 0 Å². The van der Waals surface area contributed by atoms with Crippen LogP contribution in [0.3, 0.4) is 0 Å². The van der Waals surface area contributed by atoms with E-state index < -0.39 is 17.6 Å². The van der Waals surface area contributed by atoms with Crippen molar-refractivity contribution in [3.05, 3.63) is 0 Å². The molecule has 1 unspecified atom stereocenters. The molecular formula is C11H18N4O3. The third-order valence-corrected chi connectivity index (χ3v) is 3.51. The number of carbonyl (C=O) groups is 3. The first kappa shape index (κ1) is 12.8. The van der Waals surface area contributed by atoms with Crippen LogP contribution in [0.5, 0.6) is 0 Å². The molecule has 1 spiro atoms. The van der Waals surface area contributed by atoms with Crippen molar-refractivity contribution in [2.45, 2.75) is 37.8 Å². The highest BCUT2D eigenvalue weighted by atomic mass is 16.2. The van der Waals surface area contributed by atoms with E-state index in [9.17, 15) is 14.4 Å². The lowest BCUT2D eigenvalue weighted by Gasteiger charge is -2.23. The molecule has 2 heterocycles. The van der Waals surface area contributed by atoms with Crippen molar-refractivity contribution < 1.29 is 14.4 Å². The lowest BCUT2D eigenvalue weighted by Crippen LogP contribution is -2.51. The van der Waals surface area contributed by atoms with Crippen molar-refractivity contribution in [1.82, 2.24) is 15.5 Å². The highest BCUT2D eigenvalue weighted by Crippen LogP contribution is 2.25. The molecule has 2 fully saturated rings. The standard InChI is InChI=1S/C11H18N4O3/c1-2-3-7(12)8(16)15-5-4-11(6-15)9(17)13-10(18)14-11/h7H,2-6,12H2,1H3,(H2,13,14,17,18)/t7-,11?/m0/s1. The fraction of sp³-hybridized carbons (Fsp3) is 0.727. The van der Waals surface area contributed by atoms with Gasteiger partial charge in [-0.25, -0.2) is 4.79 Å². The number of hydrogen-bond acceptors (Lipinski definition) is 4. The van der Waals surface area contributed by atoms with Crippen LogP contribution in [0.2, 0.25) is 0 Å². The number of likely N-dealkylation sites (tertiary alicyclic amines) is 1. The Morgan fingerprint density at radius 2 is 2.28 bits per heavy atom. The fourth-order valence-corrected chi connectivity index (χ4v) is 2.48. The first-order valence-electron chi connectivity index (χ1n) is 6.16. The zero-order valence-corrected chi connectivity index (χ0v) is 10.4. The van der Waals surface area contributed by atoms with Crippen LogP contribution in [0.4, 0.5) is 4.79 Å². The maximum Gasteiger partial charge on any atom is 0.322 e. The third-order valence-electron chi connectivity index (χ3n) is 3.51. The molecule has 7 heteroatoms. The highest BCUT2D eigenvalue weighted by Gasteiger charge is 2.51. The minimum absolute atomic E-state index is 0.150. The van der Waals surface area contributed by atoms with Gasteiger partial charge in [0.15, 0.2) is 0 Å². The molecule has 4 amide bonds. The zero-order chi connectivity index (χ0) is 13.3. The maximum absolute atomic E-state index is 12.0. The van der Waals surface area contributed by atoms with Crippen molar-refractivity contribution in [2.75, 3.05) is 13.1 Å². The normalized spacial score (nSPS) is 28.4. The second-order valence-electron chi connectivity index (χ2n) is 4.90. The Hall–Kier alpha value is -1.63. The van der Waals surface area contributed by atoms with Gasteiger partial charge in [0.1, 0.15) is 5.54 Å². The van der Waals surface area contributed by atoms with Crippen LogP contribution in [0.15, 0.2) is 0 Å². The molecule has 100 valence electrons. The molecule has 0 radical (unpaired) electrons. The first-order chi connectivity index (χ1) is 8.48. The summed E-state index contributed by atoms with van der Waals surface area (Å²) >= 11 is 0. The van der Waals surface area contributed by atoms with Crippen molar-refractivity contribution in [1.29, 1.82) is 0 Å². The predicted octanol–water partition coefficient (Wildman–Crippen LogP) is -1.08. The number of nitrogens with one attached hydrogen (secondary N) is 2. The topological polar surface area (TPSA) is 105 Å². The van der Waals surface area contributed by atoms with E-state index >= 15 is 0 Å². The Kier molecular flexibility index (Phi) is 3.25. The first-order valence-corrected chi connectivity index (χ1v) is 6.16. The fourth-order valence-electron chi connectivity index (χ4n) is 2.48. The summed E-state index contributed by atoms with van der Waals surface area (Å²) in [5.41, 5.74) is 4.83. The van der Waals surface area contributed by atoms with Gasteiger partial charge >= 0.3 is 6.03 Å². The molecule has 18 heavy (non-hydrogen) atoms. The van der Waals surface area contributed by atoms with E-state index in [2.05, 4.69) is 10.6 Å². The smallest absolute Gasteiger partial charge is 0.322 e. The molecule has 2 atom stereocenters. The monoisotopic (exact) mass is 254 g/mol. The van der Waals surface area contributed by atoms with Crippen molar-refractivity contribution >= 4 is 17.8 Å². The van der Waals surface area contributed by atoms with E-state index in [0.29, 0.717) is 19.4 Å². The van der Waals surface area contributed by atoms with Gasteiger partial charge in [0.2, 0.25) is 5.91 Å². The maximum atomic E-state index is 12.0. The number of rotatable bonds is 3. The van der Waals surface area contributed by atoms with E-state index in [4.69, 9.17) is 5.73 Å². The number of carbonyl (C=O) groups excluding carboxylic acids is 3. The summed E-state index contributed by atoms with van der Waals surface area (Å²) in [5, 5.41) is 4.81. The zero-order valence-electron chi connectivity index (χ0n) is 10.4. The lowest BCUT2D eigenvalue weighted by atomic mass is 9.99. The molecule has 7 nitrogen and oxygen atoms in total. The van der Waals surface area contributed by atoms with Crippen LogP contribution in [0, 0.1) is 0 Å². The van der Waals surface area contributed by atoms with E-state index in [1.54, 1.807) is 4.90 Å². The SMILES string of the molecule is CCC[C@H](N)C(=O)N1CCC2(C1)NC(=O)NC2=O. The van der Waals surface area contributed by atoms with Gasteiger partial charge in [-0.3, -0.25) is 14.9 Å². The second kappa shape index (κ2) is 4.56. The van der Waals surface area contributed by atoms with Gasteiger partial charge in [0, 0.05) is 6.54 Å². The summed E-state index contributed by atoms with van der Waals surface area (Å²) < 4.78 is 0. The molecule has 2 rings (SSSR count). The van der Waals surface area contributed by atoms with E-state index in [0.717, 1.165) is 6.42 Å². The van der Waals surface area contributed by atoms with Gasteiger partial charge in [-0.15, -0.1) is 0 Å². The molecule has 0 bridgehead atoms. The van der Waals surface area contributed by atoms with Gasteiger partial charge in [-0.05, 0) is 12.8 Å². The van der Waals surface area contributed by atoms with E-state index in [1.807, 2.05) is 6.92 Å². The van der Waals surface area contributed by atoms with Crippen molar-refractivity contribution in [2.24, 2.45) is 5.73 Å². The largest absolute Gasteiger partial charge is 0.338 e. The average molecular weight is 254 g/mol. The average Bonchev–Trinajstić information content (AvgIpc) is 2.84. The number of hydrogen-bond donors (Lipinski definition) is 3. The highest BCUT2D eigenvalue weighted by molar-refractivity contribution is 6.07. The lowest BCUT2D eigenvalue weighted by molar-refractivity contribution is -0.132. The Balaban J connectivity index is 2.02. The molecule has 2 aliphatic heterocycles. The second-order valence-corrected chi connectivity index (χ2v) is 4.90. The Morgan fingerprint density at radius 1 is 1.56 bits per heavy atom. The summed E-state index contributed by atoms with van der Waals surface area (Å²) in [4.78, 5) is 36.4. The Labute approximate surface area is 105 Å². The van der Waals surface area contributed by atoms with Crippen LogP contribution in [-0.2, 0) is 9.59 Å². The molecule has 4 N–H and O–H groups in total. The summed E-state index contributed by atoms with van der Waals surface area (Å²) in [5.74, 6) is -0.505. The van der Waals surface area contributed by atoms with Crippen molar-refractivity contribution in [3.8, 4) is 0 Å². The van der Waals surface area contributed by atoms with E-state index in [1.165, 1.54) is 0 Å². The number of amides is 4. The Bertz CT molecular complexity index is 398. The predicted molar refractivity (Wildman–Crippen MR) is 63.5 cm³/mol. The van der Waals surface area contributed by atoms with Crippen LogP contribution in [0.1, 0.15) is 26.2 Å². The summed E-state index contributed by atoms with van der Waals surface area (Å²) in [7, 11) is 0. The number of urea groups is 1. The molecular weight excluding hydrogens is 236 g/mol. The Morgan fingerprint density at radius 3 is 2.83 bits per heavy atom. The summed E-state index contributed by atoms with van der Waals surface area (Å²) in [6, 6.07) is -1.02. The number of nitrogens with zero attached hydrogens (tertiary/aromatic N) is 1. The van der Waals surface area contributed by atoms with Crippen molar-refractivity contribution in [3.63, 3.8) is 0 Å². The third kappa shape index (κ3) is 2.05. The minimum Gasteiger partial charge on any atom is -0.338 e. The molecule has 0 aromatic rings. The number of imide groups is 1. The molecule has 2 aliphatic rings. The van der Waals surface area contributed by atoms with Crippen LogP contribution < -0.4 is 16.4 Å². The van der Waals surface area contributed by atoms with Gasteiger partial charge < -0.3 is 16.0 Å². The van der Waals surface area contributed by atoms with Crippen LogP contribution in [-0.4, -0.2) is 47.4 Å². The van der Waals surface area contributed by atoms with Gasteiger partial charge in [-0.1, -0.05) is 13.3 Å². The summed E-state index contributed by atoms with van der Waals surface area (Å²) in [6.07, 6.45) is 1.90. The number of nitrogens with two attached hydrogens (primary N) is 1. The molecule has 0 aromatic heterocycles. The summed E-state index contributed by atoms with van der Waals surface area (Å²) in [6.45, 7) is 2.62. The molecule has 2 saturated heterocycles. The molecule has 0 aliphatic carbocycles. The molecule has 0 aromatic carbocycles. The quantitative estimate of drug-likeness (QED) is 0.557. The van der Waals surface area contributed by atoms with Gasteiger partial charge in [0.05, 0.1) is 12.6 Å². The van der Waals surface area contributed by atoms with Crippen LogP contribution >= 0.6 is 0 Å². The molecule has 0 saturated carbocycles. The van der Waals surface area contributed by atoms with E-state index in [-0.39, 0.29) is 18.4 Å². The van der Waals surface area contributed by atoms with Gasteiger partial charge in [0.25, 0.3) is 5.91 Å².